The predicted octanol–water partition coefficient (Wildman–Crippen LogP) is -0.274. The SMILES string of the molecule is Cc1ccc(C(=O)NNc2nnc(C)c(=O)n2N)cc1. The highest BCUT2D eigenvalue weighted by molar-refractivity contribution is 5.94. The summed E-state index contributed by atoms with van der Waals surface area (Å²) in [5, 5.41) is 7.31. The van der Waals surface area contributed by atoms with Crippen LogP contribution in [0.2, 0.25) is 0 Å². The lowest BCUT2D eigenvalue weighted by molar-refractivity contribution is 0.0962. The van der Waals surface area contributed by atoms with Gasteiger partial charge in [0.25, 0.3) is 17.4 Å². The minimum atomic E-state index is -0.493. The number of rotatable bonds is 3. The molecule has 1 heterocycles. The van der Waals surface area contributed by atoms with Gasteiger partial charge in [-0.2, -0.15) is 4.68 Å². The molecule has 0 unspecified atom stereocenters. The third-order valence-corrected chi connectivity index (χ3v) is 2.65. The molecule has 0 saturated heterocycles. The summed E-state index contributed by atoms with van der Waals surface area (Å²) in [6.45, 7) is 3.42. The summed E-state index contributed by atoms with van der Waals surface area (Å²) in [5.74, 6) is 5.09. The van der Waals surface area contributed by atoms with Crippen molar-refractivity contribution in [1.82, 2.24) is 20.3 Å². The zero-order valence-electron chi connectivity index (χ0n) is 11.0. The largest absolute Gasteiger partial charge is 0.333 e. The third kappa shape index (κ3) is 2.74. The van der Waals surface area contributed by atoms with E-state index in [4.69, 9.17) is 5.84 Å². The Bertz CT molecular complexity index is 692. The van der Waals surface area contributed by atoms with Crippen molar-refractivity contribution in [1.29, 1.82) is 0 Å². The second-order valence-corrected chi connectivity index (χ2v) is 4.23. The lowest BCUT2D eigenvalue weighted by atomic mass is 10.1. The highest BCUT2D eigenvalue weighted by Crippen LogP contribution is 2.02. The summed E-state index contributed by atoms with van der Waals surface area (Å²) in [5.41, 5.74) is 6.04. The molecule has 0 fully saturated rings. The summed E-state index contributed by atoms with van der Waals surface area (Å²) in [4.78, 5) is 23.4. The van der Waals surface area contributed by atoms with Gasteiger partial charge < -0.3 is 5.84 Å². The molecule has 0 atom stereocenters. The molecule has 20 heavy (non-hydrogen) atoms. The van der Waals surface area contributed by atoms with Crippen LogP contribution in [0.25, 0.3) is 0 Å². The van der Waals surface area contributed by atoms with Crippen molar-refractivity contribution in [2.24, 2.45) is 0 Å². The number of aryl methyl sites for hydroxylation is 2. The van der Waals surface area contributed by atoms with E-state index in [1.807, 2.05) is 19.1 Å². The number of nitrogens with two attached hydrogens (primary N) is 1. The van der Waals surface area contributed by atoms with Gasteiger partial charge in [0.05, 0.1) is 0 Å². The van der Waals surface area contributed by atoms with Gasteiger partial charge >= 0.3 is 0 Å². The smallest absolute Gasteiger partial charge is 0.295 e. The molecule has 8 heteroatoms. The standard InChI is InChI=1S/C12H14N6O2/c1-7-3-5-9(6-4-7)10(19)15-17-12-16-14-8(2)11(20)18(12)13/h3-6H,13H2,1-2H3,(H,15,19)(H,16,17). The van der Waals surface area contributed by atoms with Gasteiger partial charge in [-0.05, 0) is 26.0 Å². The Morgan fingerprint density at radius 3 is 2.50 bits per heavy atom. The molecular weight excluding hydrogens is 260 g/mol. The van der Waals surface area contributed by atoms with Gasteiger partial charge in [0.1, 0.15) is 5.69 Å². The highest BCUT2D eigenvalue weighted by atomic mass is 16.2. The van der Waals surface area contributed by atoms with Crippen molar-refractivity contribution >= 4 is 11.9 Å². The van der Waals surface area contributed by atoms with E-state index in [9.17, 15) is 9.59 Å². The molecule has 0 aliphatic rings. The first kappa shape index (κ1) is 13.5. The van der Waals surface area contributed by atoms with Gasteiger partial charge in [-0.1, -0.05) is 17.7 Å². The van der Waals surface area contributed by atoms with Crippen molar-refractivity contribution in [3.05, 3.63) is 51.4 Å². The maximum atomic E-state index is 11.8. The number of hydrazine groups is 1. The number of hydrogen-bond acceptors (Lipinski definition) is 6. The van der Waals surface area contributed by atoms with E-state index in [1.165, 1.54) is 6.92 Å². The van der Waals surface area contributed by atoms with Crippen molar-refractivity contribution in [3.63, 3.8) is 0 Å². The number of hydrogen-bond donors (Lipinski definition) is 3. The minimum absolute atomic E-state index is 0.0546. The van der Waals surface area contributed by atoms with Gasteiger partial charge in [-0.15, -0.1) is 10.2 Å². The molecule has 0 bridgehead atoms. The number of amides is 1. The second kappa shape index (κ2) is 5.39. The van der Waals surface area contributed by atoms with Crippen LogP contribution < -0.4 is 22.3 Å². The van der Waals surface area contributed by atoms with E-state index in [0.29, 0.717) is 5.56 Å². The maximum absolute atomic E-state index is 11.8. The van der Waals surface area contributed by atoms with Crippen molar-refractivity contribution in [3.8, 4) is 0 Å². The number of carbonyl (C=O) groups is 1. The molecule has 0 radical (unpaired) electrons. The number of benzene rings is 1. The molecule has 8 nitrogen and oxygen atoms in total. The summed E-state index contributed by atoms with van der Waals surface area (Å²) in [6, 6.07) is 7.00. The third-order valence-electron chi connectivity index (χ3n) is 2.65. The number of nitrogens with one attached hydrogen (secondary N) is 2. The van der Waals surface area contributed by atoms with Crippen LogP contribution in [0.4, 0.5) is 5.95 Å². The van der Waals surface area contributed by atoms with Gasteiger partial charge in [0.15, 0.2) is 0 Å². The molecule has 2 rings (SSSR count). The zero-order valence-corrected chi connectivity index (χ0v) is 11.0. The molecule has 1 amide bonds. The first-order valence-electron chi connectivity index (χ1n) is 5.83. The molecule has 104 valence electrons. The Labute approximate surface area is 114 Å². The van der Waals surface area contributed by atoms with Crippen LogP contribution >= 0.6 is 0 Å². The van der Waals surface area contributed by atoms with E-state index < -0.39 is 5.56 Å². The van der Waals surface area contributed by atoms with Crippen LogP contribution in [0.3, 0.4) is 0 Å². The van der Waals surface area contributed by atoms with Crippen LogP contribution in [-0.2, 0) is 0 Å². The quantitative estimate of drug-likeness (QED) is 0.524. The van der Waals surface area contributed by atoms with Gasteiger partial charge in [0, 0.05) is 5.56 Å². The minimum Gasteiger partial charge on any atom is -0.333 e. The normalized spacial score (nSPS) is 10.1. The van der Waals surface area contributed by atoms with E-state index in [-0.39, 0.29) is 17.5 Å². The van der Waals surface area contributed by atoms with Crippen molar-refractivity contribution in [2.45, 2.75) is 13.8 Å². The van der Waals surface area contributed by atoms with Gasteiger partial charge in [-0.3, -0.25) is 20.4 Å². The second-order valence-electron chi connectivity index (χ2n) is 4.23. The monoisotopic (exact) mass is 274 g/mol. The molecule has 0 spiro atoms. The maximum Gasteiger partial charge on any atom is 0.295 e. The molecule has 1 aromatic carbocycles. The van der Waals surface area contributed by atoms with Crippen LogP contribution in [0, 0.1) is 13.8 Å². The fraction of sp³-hybridized carbons (Fsp3) is 0.167. The summed E-state index contributed by atoms with van der Waals surface area (Å²) in [7, 11) is 0. The zero-order chi connectivity index (χ0) is 14.7. The average Bonchev–Trinajstić information content (AvgIpc) is 2.44. The average molecular weight is 274 g/mol. The molecule has 0 aliphatic heterocycles. The summed E-state index contributed by atoms with van der Waals surface area (Å²) < 4.78 is 0.776. The lowest BCUT2D eigenvalue weighted by Gasteiger charge is -2.10. The number of aromatic nitrogens is 3. The lowest BCUT2D eigenvalue weighted by Crippen LogP contribution is -2.38. The number of carbonyl (C=O) groups excluding carboxylic acids is 1. The van der Waals surface area contributed by atoms with E-state index in [1.54, 1.807) is 12.1 Å². The molecule has 4 N–H and O–H groups in total. The van der Waals surface area contributed by atoms with Gasteiger partial charge in [0.2, 0.25) is 0 Å². The van der Waals surface area contributed by atoms with Crippen LogP contribution in [0.5, 0.6) is 0 Å². The molecule has 0 saturated carbocycles. The first-order chi connectivity index (χ1) is 9.49. The van der Waals surface area contributed by atoms with Gasteiger partial charge in [-0.25, -0.2) is 0 Å². The molecule has 2 aromatic rings. The summed E-state index contributed by atoms with van der Waals surface area (Å²) in [6.07, 6.45) is 0. The topological polar surface area (TPSA) is 115 Å². The number of nitrogen functional groups attached to an aromatic ring is 1. The van der Waals surface area contributed by atoms with Crippen molar-refractivity contribution < 1.29 is 4.79 Å². The molecule has 1 aromatic heterocycles. The van der Waals surface area contributed by atoms with Crippen molar-refractivity contribution in [2.75, 3.05) is 11.3 Å². The number of anilines is 1. The number of nitrogens with zero attached hydrogens (tertiary/aromatic N) is 3. The fourth-order valence-electron chi connectivity index (χ4n) is 1.46. The summed E-state index contributed by atoms with van der Waals surface area (Å²) >= 11 is 0. The first-order valence-corrected chi connectivity index (χ1v) is 5.83. The Hall–Kier alpha value is -2.90. The highest BCUT2D eigenvalue weighted by Gasteiger charge is 2.09. The molecule has 0 aliphatic carbocycles. The Balaban J connectivity index is 2.09. The Morgan fingerprint density at radius 1 is 1.20 bits per heavy atom. The van der Waals surface area contributed by atoms with Crippen LogP contribution in [0.15, 0.2) is 29.1 Å². The van der Waals surface area contributed by atoms with E-state index >= 15 is 0 Å². The Morgan fingerprint density at radius 2 is 1.85 bits per heavy atom. The fourth-order valence-corrected chi connectivity index (χ4v) is 1.46. The van der Waals surface area contributed by atoms with Crippen LogP contribution in [0.1, 0.15) is 21.6 Å². The van der Waals surface area contributed by atoms with E-state index in [0.717, 1.165) is 10.2 Å². The van der Waals surface area contributed by atoms with E-state index in [2.05, 4.69) is 21.0 Å². The Kier molecular flexibility index (Phi) is 3.65. The van der Waals surface area contributed by atoms with Crippen LogP contribution in [-0.4, -0.2) is 20.8 Å². The molecular formula is C12H14N6O2. The predicted molar refractivity (Wildman–Crippen MR) is 73.4 cm³/mol.